The third-order valence-electron chi connectivity index (χ3n) is 11.9. The van der Waals surface area contributed by atoms with Crippen molar-refractivity contribution in [2.75, 3.05) is 55.6 Å². The van der Waals surface area contributed by atoms with Gasteiger partial charge >= 0.3 is 0 Å². The van der Waals surface area contributed by atoms with E-state index < -0.39 is 35.5 Å². The van der Waals surface area contributed by atoms with E-state index in [1.165, 1.54) is 12.1 Å². The minimum atomic E-state index is -1.15. The van der Waals surface area contributed by atoms with Gasteiger partial charge in [0.2, 0.25) is 11.8 Å². The minimum absolute atomic E-state index is 0.00529. The van der Waals surface area contributed by atoms with E-state index in [-0.39, 0.29) is 53.4 Å². The number of piperidine rings is 2. The summed E-state index contributed by atoms with van der Waals surface area (Å²) in [5, 5.41) is 23.3. The molecule has 1 unspecified atom stereocenters. The maximum Gasteiger partial charge on any atom is 0.272 e. The Morgan fingerprint density at radius 1 is 0.897 bits per heavy atom. The second-order valence-electron chi connectivity index (χ2n) is 15.6. The average Bonchev–Trinajstić information content (AvgIpc) is 3.48. The molecule has 0 spiro atoms. The lowest BCUT2D eigenvalue weighted by Crippen LogP contribution is -2.54. The Morgan fingerprint density at radius 2 is 1.66 bits per heavy atom. The number of amides is 5. The summed E-state index contributed by atoms with van der Waals surface area (Å²) in [6.07, 6.45) is 5.03. The van der Waals surface area contributed by atoms with Crippen LogP contribution >= 0.6 is 11.6 Å². The van der Waals surface area contributed by atoms with Gasteiger partial charge in [0.15, 0.2) is 17.3 Å². The van der Waals surface area contributed by atoms with Crippen molar-refractivity contribution in [3.05, 3.63) is 75.7 Å². The summed E-state index contributed by atoms with van der Waals surface area (Å²) in [5.41, 5.74) is 0.543. The molecule has 0 radical (unpaired) electrons. The van der Waals surface area contributed by atoms with Gasteiger partial charge in [-0.15, -0.1) is 10.2 Å². The van der Waals surface area contributed by atoms with Crippen LogP contribution in [0.4, 0.5) is 15.9 Å². The van der Waals surface area contributed by atoms with Crippen molar-refractivity contribution in [3.8, 4) is 11.8 Å². The molecule has 5 aliphatic rings. The van der Waals surface area contributed by atoms with Crippen LogP contribution in [0.5, 0.6) is 5.75 Å². The van der Waals surface area contributed by atoms with Gasteiger partial charge in [-0.2, -0.15) is 5.26 Å². The lowest BCUT2D eigenvalue weighted by atomic mass is 9.93. The van der Waals surface area contributed by atoms with Gasteiger partial charge in [0.1, 0.15) is 17.9 Å². The summed E-state index contributed by atoms with van der Waals surface area (Å²) in [7, 11) is 0. The highest BCUT2D eigenvalue weighted by Crippen LogP contribution is 2.35. The van der Waals surface area contributed by atoms with E-state index in [0.29, 0.717) is 48.4 Å². The first kappa shape index (κ1) is 39.2. The monoisotopic (exact) mass is 811 g/mol. The number of fused-ring (bicyclic) bond motifs is 1. The fraction of sp³-hybridized carbons (Fsp3) is 0.463. The van der Waals surface area contributed by atoms with E-state index >= 15 is 4.39 Å². The van der Waals surface area contributed by atoms with Crippen LogP contribution in [0.25, 0.3) is 0 Å². The number of imide groups is 2. The topological polar surface area (TPSA) is 181 Å². The zero-order valence-corrected chi connectivity index (χ0v) is 32.5. The molecule has 5 amide bonds. The predicted octanol–water partition coefficient (Wildman–Crippen LogP) is 3.70. The highest BCUT2D eigenvalue weighted by atomic mass is 35.5. The van der Waals surface area contributed by atoms with Gasteiger partial charge in [0, 0.05) is 64.3 Å². The van der Waals surface area contributed by atoms with Gasteiger partial charge in [-0.05, 0) is 87.3 Å². The molecular weight excluding hydrogens is 769 g/mol. The minimum Gasteiger partial charge on any atom is -0.490 e. The molecule has 17 heteroatoms. The summed E-state index contributed by atoms with van der Waals surface area (Å²) in [4.78, 5) is 70.6. The Kier molecular flexibility index (Phi) is 11.3. The molecule has 4 aliphatic heterocycles. The third kappa shape index (κ3) is 8.06. The van der Waals surface area contributed by atoms with Crippen molar-refractivity contribution in [1.29, 1.82) is 5.26 Å². The number of rotatable bonds is 9. The number of anilines is 2. The number of benzene rings is 2. The molecule has 1 aromatic heterocycles. The summed E-state index contributed by atoms with van der Waals surface area (Å²) in [6.45, 7) is 5.06. The molecular formula is C41H43ClFN9O6. The van der Waals surface area contributed by atoms with Crippen molar-refractivity contribution in [1.82, 2.24) is 30.6 Å². The van der Waals surface area contributed by atoms with E-state index in [0.717, 1.165) is 68.9 Å². The Bertz CT molecular complexity index is 2160. The van der Waals surface area contributed by atoms with Gasteiger partial charge in [0.05, 0.1) is 33.5 Å². The molecule has 3 saturated heterocycles. The second kappa shape index (κ2) is 16.7. The van der Waals surface area contributed by atoms with E-state index in [2.05, 4.69) is 30.6 Å². The van der Waals surface area contributed by atoms with Crippen LogP contribution in [-0.2, 0) is 9.59 Å². The number of nitriles is 1. The van der Waals surface area contributed by atoms with Gasteiger partial charge in [-0.3, -0.25) is 39.1 Å². The first-order valence-corrected chi connectivity index (χ1v) is 20.2. The van der Waals surface area contributed by atoms with Gasteiger partial charge in [0.25, 0.3) is 17.7 Å². The molecule has 58 heavy (non-hydrogen) atoms. The number of carbonyl (C=O) groups excluding carboxylic acids is 5. The molecule has 2 N–H and O–H groups in total. The number of nitrogens with one attached hydrogen (secondary N) is 2. The number of halogens is 2. The quantitative estimate of drug-likeness (QED) is 0.300. The number of aromatic nitrogens is 2. The smallest absolute Gasteiger partial charge is 0.272 e. The molecule has 2 aromatic carbocycles. The van der Waals surface area contributed by atoms with E-state index in [1.54, 1.807) is 24.3 Å². The van der Waals surface area contributed by atoms with Crippen molar-refractivity contribution in [2.45, 2.75) is 69.6 Å². The second-order valence-corrected chi connectivity index (χ2v) is 16.0. The van der Waals surface area contributed by atoms with Crippen LogP contribution in [0, 0.1) is 23.1 Å². The van der Waals surface area contributed by atoms with Crippen LogP contribution in [-0.4, -0.2) is 114 Å². The zero-order valence-electron chi connectivity index (χ0n) is 31.8. The largest absolute Gasteiger partial charge is 0.490 e. The summed E-state index contributed by atoms with van der Waals surface area (Å²) in [6, 6.07) is 12.5. The Balaban J connectivity index is 0.764. The molecule has 0 bridgehead atoms. The molecule has 5 heterocycles. The Hall–Kier alpha value is -5.66. The lowest BCUT2D eigenvalue weighted by Gasteiger charge is -2.40. The van der Waals surface area contributed by atoms with E-state index in [9.17, 15) is 24.0 Å². The van der Waals surface area contributed by atoms with Gasteiger partial charge in [-0.1, -0.05) is 11.6 Å². The maximum absolute atomic E-state index is 15.9. The van der Waals surface area contributed by atoms with Crippen LogP contribution in [0.15, 0.2) is 42.5 Å². The van der Waals surface area contributed by atoms with Gasteiger partial charge in [-0.25, -0.2) is 4.39 Å². The standard InChI is InChI=1S/C41H43ClFN9O6/c42-30-21-28(4-1-25(30)22-44)58-27-5-2-26(3-6-27)45-38(54)31-8-11-34(48-47-31)51-15-13-24(14-16-51)23-49-17-19-50(20-18-49)32-9-7-29-36(37(32)43)41(57)52(40(29)56)33-10-12-35(53)46-39(33)55/h1,4,7-9,11,21,24,26-27,33H,2-3,5-6,10,12-20,23H2,(H,45,54)(H,46,53,55). The number of nitrogens with zero attached hydrogens (tertiary/aromatic N) is 7. The van der Waals surface area contributed by atoms with Gasteiger partial charge < -0.3 is 19.9 Å². The van der Waals surface area contributed by atoms with Crippen molar-refractivity contribution in [3.63, 3.8) is 0 Å². The molecule has 15 nitrogen and oxygen atoms in total. The van der Waals surface area contributed by atoms with Crippen LogP contribution in [0.3, 0.4) is 0 Å². The maximum atomic E-state index is 15.9. The normalized spacial score (nSPS) is 23.1. The van der Waals surface area contributed by atoms with Crippen LogP contribution in [0.2, 0.25) is 5.02 Å². The Labute approximate surface area is 339 Å². The number of ether oxygens (including phenoxy) is 1. The number of carbonyl (C=O) groups is 5. The van der Waals surface area contributed by atoms with Crippen LogP contribution < -0.4 is 25.2 Å². The highest BCUT2D eigenvalue weighted by molar-refractivity contribution is 6.31. The molecule has 8 rings (SSSR count). The molecule has 4 fully saturated rings. The third-order valence-corrected chi connectivity index (χ3v) is 12.3. The first-order chi connectivity index (χ1) is 28.1. The zero-order chi connectivity index (χ0) is 40.5. The molecule has 3 aromatic rings. The highest BCUT2D eigenvalue weighted by Gasteiger charge is 2.46. The molecule has 1 saturated carbocycles. The lowest BCUT2D eigenvalue weighted by molar-refractivity contribution is -0.136. The molecule has 1 atom stereocenters. The SMILES string of the molecule is N#Cc1ccc(OC2CCC(NC(=O)c3ccc(N4CCC(CN5CCN(c6ccc7c(c6F)C(=O)N(C6CCC(=O)NC6=O)C7=O)CC5)CC4)nn3)CC2)cc1Cl. The van der Waals surface area contributed by atoms with Crippen molar-refractivity contribution in [2.24, 2.45) is 5.92 Å². The van der Waals surface area contributed by atoms with E-state index in [4.69, 9.17) is 21.6 Å². The fourth-order valence-electron chi connectivity index (χ4n) is 8.68. The molecule has 302 valence electrons. The average molecular weight is 812 g/mol. The summed E-state index contributed by atoms with van der Waals surface area (Å²) >= 11 is 6.14. The Morgan fingerprint density at radius 3 is 2.33 bits per heavy atom. The number of hydrogen-bond acceptors (Lipinski definition) is 12. The van der Waals surface area contributed by atoms with Crippen LogP contribution in [0.1, 0.15) is 88.1 Å². The summed E-state index contributed by atoms with van der Waals surface area (Å²) < 4.78 is 22.0. The molecule has 1 aliphatic carbocycles. The first-order valence-electron chi connectivity index (χ1n) is 19.8. The van der Waals surface area contributed by atoms with Crippen molar-refractivity contribution < 1.29 is 33.1 Å². The summed E-state index contributed by atoms with van der Waals surface area (Å²) in [5.74, 6) is -1.95. The van der Waals surface area contributed by atoms with Crippen molar-refractivity contribution >= 4 is 52.6 Å². The van der Waals surface area contributed by atoms with E-state index in [1.807, 2.05) is 17.0 Å². The number of hydrogen-bond donors (Lipinski definition) is 2. The number of piperazine rings is 1. The predicted molar refractivity (Wildman–Crippen MR) is 209 cm³/mol. The fourth-order valence-corrected chi connectivity index (χ4v) is 8.90.